The van der Waals surface area contributed by atoms with Crippen molar-refractivity contribution in [1.82, 2.24) is 0 Å². The van der Waals surface area contributed by atoms with E-state index in [1.807, 2.05) is 0 Å². The molecule has 1 spiro atoms. The first-order valence-electron chi connectivity index (χ1n) is 13.1. The Morgan fingerprint density at radius 1 is 1.03 bits per heavy atom. The van der Waals surface area contributed by atoms with Crippen LogP contribution in [0.2, 0.25) is 0 Å². The zero-order valence-corrected chi connectivity index (χ0v) is 19.9. The molecule has 2 N–H and O–H groups in total. The van der Waals surface area contributed by atoms with E-state index in [0.29, 0.717) is 23.7 Å². The van der Waals surface area contributed by atoms with Crippen molar-refractivity contribution >= 4 is 0 Å². The topological polar surface area (TPSA) is 58.9 Å². The van der Waals surface area contributed by atoms with Gasteiger partial charge in [0, 0.05) is 17.8 Å². The first kappa shape index (κ1) is 21.1. The van der Waals surface area contributed by atoms with Crippen LogP contribution in [0, 0.1) is 40.4 Å². The van der Waals surface area contributed by atoms with Crippen molar-refractivity contribution < 1.29 is 19.7 Å². The molecule has 4 heteroatoms. The average Bonchev–Trinajstić information content (AvgIpc) is 3.09. The van der Waals surface area contributed by atoms with Gasteiger partial charge in [0.25, 0.3) is 0 Å². The molecule has 6 aliphatic rings. The highest BCUT2D eigenvalue weighted by molar-refractivity contribution is 5.28. The predicted molar refractivity (Wildman–Crippen MR) is 119 cm³/mol. The van der Waals surface area contributed by atoms with Crippen LogP contribution < -0.4 is 0 Å². The maximum Gasteiger partial charge on any atom is 0.174 e. The van der Waals surface area contributed by atoms with Gasteiger partial charge in [-0.2, -0.15) is 0 Å². The molecular formula is C27H42O4. The second-order valence-electron chi connectivity index (χ2n) is 12.8. The van der Waals surface area contributed by atoms with E-state index in [-0.39, 0.29) is 29.0 Å². The fourth-order valence-corrected chi connectivity index (χ4v) is 9.58. The molecule has 0 unspecified atom stereocenters. The molecule has 11 atom stereocenters. The van der Waals surface area contributed by atoms with Gasteiger partial charge in [0.15, 0.2) is 5.79 Å². The largest absolute Gasteiger partial charge is 0.393 e. The summed E-state index contributed by atoms with van der Waals surface area (Å²) in [5, 5.41) is 22.7. The maximum absolute atomic E-state index is 12.4. The quantitative estimate of drug-likeness (QED) is 0.541. The zero-order chi connectivity index (χ0) is 21.8. The molecule has 0 radical (unpaired) electrons. The summed E-state index contributed by atoms with van der Waals surface area (Å²) in [5.41, 5.74) is 0.849. The first-order chi connectivity index (χ1) is 14.6. The normalized spacial score (nSPS) is 60.7. The van der Waals surface area contributed by atoms with Crippen LogP contribution in [-0.4, -0.2) is 40.4 Å². The summed E-state index contributed by atoms with van der Waals surface area (Å²) in [4.78, 5) is 0. The van der Waals surface area contributed by atoms with E-state index in [0.717, 1.165) is 58.0 Å². The molecule has 5 fully saturated rings. The van der Waals surface area contributed by atoms with Crippen LogP contribution in [0.4, 0.5) is 0 Å². The first-order valence-corrected chi connectivity index (χ1v) is 13.1. The molecule has 2 saturated heterocycles. The summed E-state index contributed by atoms with van der Waals surface area (Å²) in [6, 6.07) is 0. The van der Waals surface area contributed by atoms with Crippen molar-refractivity contribution in [3.8, 4) is 0 Å². The second-order valence-corrected chi connectivity index (χ2v) is 12.8. The number of ether oxygens (including phenoxy) is 2. The Morgan fingerprint density at radius 3 is 2.58 bits per heavy atom. The minimum Gasteiger partial charge on any atom is -0.393 e. The number of allylic oxidation sites excluding steroid dienone is 1. The van der Waals surface area contributed by atoms with E-state index in [4.69, 9.17) is 9.47 Å². The number of hydrogen-bond acceptors (Lipinski definition) is 4. The molecule has 0 amide bonds. The molecule has 31 heavy (non-hydrogen) atoms. The van der Waals surface area contributed by atoms with Crippen molar-refractivity contribution in [3.05, 3.63) is 11.6 Å². The van der Waals surface area contributed by atoms with Crippen LogP contribution in [0.15, 0.2) is 11.6 Å². The number of fused-ring (bicyclic) bond motifs is 7. The third-order valence-corrected chi connectivity index (χ3v) is 11.6. The predicted octanol–water partition coefficient (Wildman–Crippen LogP) is 4.83. The standard InChI is InChI=1S/C27H42O4/c1-16-7-12-26(30-15-16)17(2)27(29)23(31-26)14-22-20-6-5-18-13-19(28)8-10-24(18,3)21(20)9-11-25(22,27)4/h5,16-17,19-23,28-29H,6-15H2,1-4H3/t16-,17-,19+,20-,21+,22-,23+,24+,25+,26-,27-/m1/s1. The molecule has 4 nitrogen and oxygen atoms in total. The molecule has 2 aliphatic heterocycles. The smallest absolute Gasteiger partial charge is 0.174 e. The Bertz CT molecular complexity index is 784. The highest BCUT2D eigenvalue weighted by atomic mass is 16.7. The summed E-state index contributed by atoms with van der Waals surface area (Å²) in [5.74, 6) is 1.81. The van der Waals surface area contributed by atoms with Gasteiger partial charge in [0.1, 0.15) is 5.60 Å². The molecule has 0 aromatic rings. The lowest BCUT2D eigenvalue weighted by molar-refractivity contribution is -0.274. The van der Waals surface area contributed by atoms with E-state index >= 15 is 0 Å². The number of aliphatic hydroxyl groups is 2. The summed E-state index contributed by atoms with van der Waals surface area (Å²) < 4.78 is 13.1. The van der Waals surface area contributed by atoms with Gasteiger partial charge in [-0.25, -0.2) is 0 Å². The molecule has 0 aromatic heterocycles. The summed E-state index contributed by atoms with van der Waals surface area (Å²) >= 11 is 0. The van der Waals surface area contributed by atoms with Gasteiger partial charge in [0.2, 0.25) is 0 Å². The molecule has 2 heterocycles. The lowest BCUT2D eigenvalue weighted by Crippen LogP contribution is -2.59. The van der Waals surface area contributed by atoms with Crippen LogP contribution in [0.3, 0.4) is 0 Å². The second kappa shape index (κ2) is 6.58. The van der Waals surface area contributed by atoms with Gasteiger partial charge >= 0.3 is 0 Å². The Balaban J connectivity index is 1.32. The van der Waals surface area contributed by atoms with Gasteiger partial charge in [-0.05, 0) is 80.5 Å². The SMILES string of the molecule is C[C@@H]1CC[C@@]2(OC1)O[C@H]1C[C@@H]3[C@@H]4CC=C5C[C@@H](O)CC[C@]5(C)[C@H]4CC[C@]3(C)[C@@]1(O)[C@@H]2C. The Kier molecular flexibility index (Phi) is 4.49. The summed E-state index contributed by atoms with van der Waals surface area (Å²) in [6.45, 7) is 10.1. The van der Waals surface area contributed by atoms with E-state index < -0.39 is 11.4 Å². The van der Waals surface area contributed by atoms with Crippen LogP contribution in [-0.2, 0) is 9.47 Å². The van der Waals surface area contributed by atoms with Gasteiger partial charge in [-0.1, -0.05) is 39.3 Å². The minimum absolute atomic E-state index is 0.0131. The molecule has 174 valence electrons. The van der Waals surface area contributed by atoms with Crippen molar-refractivity contribution in [2.45, 2.75) is 109 Å². The summed E-state index contributed by atoms with van der Waals surface area (Å²) in [6.07, 6.45) is 11.5. The monoisotopic (exact) mass is 430 g/mol. The molecule has 3 saturated carbocycles. The van der Waals surface area contributed by atoms with Gasteiger partial charge in [-0.15, -0.1) is 0 Å². The fraction of sp³-hybridized carbons (Fsp3) is 0.926. The zero-order valence-electron chi connectivity index (χ0n) is 19.9. The molecule has 0 bridgehead atoms. The fourth-order valence-electron chi connectivity index (χ4n) is 9.58. The third-order valence-electron chi connectivity index (χ3n) is 11.6. The van der Waals surface area contributed by atoms with Crippen LogP contribution in [0.5, 0.6) is 0 Å². The highest BCUT2D eigenvalue weighted by Crippen LogP contribution is 2.72. The van der Waals surface area contributed by atoms with Crippen molar-refractivity contribution in [2.75, 3.05) is 6.61 Å². The van der Waals surface area contributed by atoms with Crippen molar-refractivity contribution in [2.24, 2.45) is 40.4 Å². The van der Waals surface area contributed by atoms with Crippen LogP contribution in [0.1, 0.15) is 85.5 Å². The van der Waals surface area contributed by atoms with Crippen LogP contribution >= 0.6 is 0 Å². The van der Waals surface area contributed by atoms with E-state index in [1.54, 1.807) is 0 Å². The Hall–Kier alpha value is -0.420. The van der Waals surface area contributed by atoms with E-state index in [2.05, 4.69) is 33.8 Å². The molecule has 0 aromatic carbocycles. The third kappa shape index (κ3) is 2.52. The molecular weight excluding hydrogens is 388 g/mol. The molecule has 6 rings (SSSR count). The van der Waals surface area contributed by atoms with Gasteiger partial charge in [0.05, 0.1) is 18.8 Å². The Morgan fingerprint density at radius 2 is 1.84 bits per heavy atom. The van der Waals surface area contributed by atoms with Crippen molar-refractivity contribution in [3.63, 3.8) is 0 Å². The lowest BCUT2D eigenvalue weighted by Gasteiger charge is -2.59. The van der Waals surface area contributed by atoms with E-state index in [1.165, 1.54) is 12.0 Å². The number of aliphatic hydroxyl groups excluding tert-OH is 1. The van der Waals surface area contributed by atoms with Crippen molar-refractivity contribution in [1.29, 1.82) is 0 Å². The maximum atomic E-state index is 12.4. The van der Waals surface area contributed by atoms with Gasteiger partial charge in [-0.3, -0.25) is 0 Å². The number of hydrogen-bond donors (Lipinski definition) is 2. The summed E-state index contributed by atoms with van der Waals surface area (Å²) in [7, 11) is 0. The number of rotatable bonds is 0. The van der Waals surface area contributed by atoms with E-state index in [9.17, 15) is 10.2 Å². The average molecular weight is 431 g/mol. The minimum atomic E-state index is -0.795. The highest BCUT2D eigenvalue weighted by Gasteiger charge is 2.76. The Labute approximate surface area is 187 Å². The van der Waals surface area contributed by atoms with Crippen LogP contribution in [0.25, 0.3) is 0 Å². The van der Waals surface area contributed by atoms with Gasteiger partial charge < -0.3 is 19.7 Å². The molecule has 4 aliphatic carbocycles. The lowest BCUT2D eigenvalue weighted by atomic mass is 9.46.